The van der Waals surface area contributed by atoms with Crippen LogP contribution in [0.3, 0.4) is 0 Å². The fourth-order valence-electron chi connectivity index (χ4n) is 2.51. The van der Waals surface area contributed by atoms with Gasteiger partial charge in [0.25, 0.3) is 5.91 Å². The molecule has 1 aromatic heterocycles. The minimum absolute atomic E-state index is 0.157. The van der Waals surface area contributed by atoms with Gasteiger partial charge in [0.15, 0.2) is 28.9 Å². The summed E-state index contributed by atoms with van der Waals surface area (Å²) >= 11 is 1.28. The summed E-state index contributed by atoms with van der Waals surface area (Å²) in [5, 5.41) is 7.93. The summed E-state index contributed by atoms with van der Waals surface area (Å²) in [6, 6.07) is 5.22. The van der Waals surface area contributed by atoms with Gasteiger partial charge >= 0.3 is 5.97 Å². The summed E-state index contributed by atoms with van der Waals surface area (Å²) in [6.07, 6.45) is 1.69. The van der Waals surface area contributed by atoms with E-state index in [9.17, 15) is 9.59 Å². The predicted octanol–water partition coefficient (Wildman–Crippen LogP) is 2.55. The first-order chi connectivity index (χ1) is 13.6. The molecule has 28 heavy (non-hydrogen) atoms. The number of amides is 1. The summed E-state index contributed by atoms with van der Waals surface area (Å²) in [6.45, 7) is 6.61. The Labute approximate surface area is 166 Å². The number of anilines is 1. The minimum atomic E-state index is -0.648. The highest BCUT2D eigenvalue weighted by atomic mass is 32.1. The van der Waals surface area contributed by atoms with Gasteiger partial charge in [-0.1, -0.05) is 12.1 Å². The van der Waals surface area contributed by atoms with Crippen molar-refractivity contribution in [2.45, 2.75) is 13.0 Å². The highest BCUT2D eigenvalue weighted by molar-refractivity contribution is 7.13. The van der Waals surface area contributed by atoms with Crippen molar-refractivity contribution < 1.29 is 23.8 Å². The molecule has 0 spiro atoms. The molecule has 0 fully saturated rings. The minimum Gasteiger partial charge on any atom is -0.486 e. The van der Waals surface area contributed by atoms with Crippen LogP contribution in [-0.2, 0) is 9.53 Å². The number of thiazole rings is 1. The van der Waals surface area contributed by atoms with Gasteiger partial charge in [0.2, 0.25) is 0 Å². The van der Waals surface area contributed by atoms with Gasteiger partial charge in [0.1, 0.15) is 13.2 Å². The van der Waals surface area contributed by atoms with Crippen LogP contribution in [0.15, 0.2) is 36.2 Å². The second kappa shape index (κ2) is 9.23. The molecule has 0 bridgehead atoms. The van der Waals surface area contributed by atoms with E-state index in [0.717, 1.165) is 5.56 Å². The Kier molecular flexibility index (Phi) is 6.49. The molecule has 1 aromatic carbocycles. The Morgan fingerprint density at radius 2 is 2.14 bits per heavy atom. The van der Waals surface area contributed by atoms with Gasteiger partial charge in [-0.15, -0.1) is 17.9 Å². The molecule has 0 saturated carbocycles. The van der Waals surface area contributed by atoms with Gasteiger partial charge in [0, 0.05) is 11.9 Å². The zero-order valence-corrected chi connectivity index (χ0v) is 16.2. The van der Waals surface area contributed by atoms with Crippen molar-refractivity contribution in [2.75, 3.05) is 31.7 Å². The van der Waals surface area contributed by atoms with Crippen molar-refractivity contribution in [3.05, 3.63) is 47.5 Å². The van der Waals surface area contributed by atoms with E-state index in [1.807, 2.05) is 25.1 Å². The third kappa shape index (κ3) is 5.01. The van der Waals surface area contributed by atoms with Crippen LogP contribution in [0.5, 0.6) is 11.5 Å². The molecule has 9 heteroatoms. The van der Waals surface area contributed by atoms with E-state index in [-0.39, 0.29) is 18.3 Å². The Hall–Kier alpha value is -3.07. The molecule has 1 unspecified atom stereocenters. The number of ether oxygens (including phenoxy) is 3. The number of carbonyl (C=O) groups is 2. The van der Waals surface area contributed by atoms with Gasteiger partial charge in [-0.25, -0.2) is 9.78 Å². The highest BCUT2D eigenvalue weighted by Gasteiger charge is 2.18. The molecule has 3 rings (SSSR count). The fraction of sp³-hybridized carbons (Fsp3) is 0.316. The zero-order valence-electron chi connectivity index (χ0n) is 15.4. The molecular weight excluding hydrogens is 382 g/mol. The molecular formula is C19H21N3O5S. The number of aromatic nitrogens is 1. The normalized spacial score (nSPS) is 13.3. The molecule has 8 nitrogen and oxygen atoms in total. The van der Waals surface area contributed by atoms with Crippen LogP contribution < -0.4 is 20.1 Å². The second-order valence-corrected chi connectivity index (χ2v) is 6.83. The van der Waals surface area contributed by atoms with E-state index in [1.54, 1.807) is 11.5 Å². The molecule has 1 amide bonds. The maximum absolute atomic E-state index is 12.1. The van der Waals surface area contributed by atoms with E-state index in [1.165, 1.54) is 11.3 Å². The van der Waals surface area contributed by atoms with Crippen LogP contribution in [0, 0.1) is 0 Å². The van der Waals surface area contributed by atoms with E-state index in [2.05, 4.69) is 22.2 Å². The topological polar surface area (TPSA) is 98.8 Å². The Balaban J connectivity index is 1.49. The van der Waals surface area contributed by atoms with Gasteiger partial charge in [-0.2, -0.15) is 0 Å². The first kappa shape index (κ1) is 19.7. The van der Waals surface area contributed by atoms with Crippen molar-refractivity contribution in [1.82, 2.24) is 10.3 Å². The van der Waals surface area contributed by atoms with E-state index in [4.69, 9.17) is 14.2 Å². The first-order valence-corrected chi connectivity index (χ1v) is 9.61. The molecule has 1 aliphatic rings. The summed E-state index contributed by atoms with van der Waals surface area (Å²) < 4.78 is 16.1. The molecule has 2 heterocycles. The highest BCUT2D eigenvalue weighted by Crippen LogP contribution is 2.32. The number of carbonyl (C=O) groups excluding carboxylic acids is 2. The number of nitrogens with one attached hydrogen (secondary N) is 2. The number of fused-ring (bicyclic) bond motifs is 1. The van der Waals surface area contributed by atoms with Crippen molar-refractivity contribution in [3.8, 4) is 11.5 Å². The standard InChI is InChI=1S/C19H21N3O5S/c1-3-6-20-19-22-14(11-28-19)18(24)27-10-17(23)21-12(2)13-4-5-15-16(9-13)26-8-7-25-15/h3-5,9,11-12H,1,6-8,10H2,2H3,(H,20,22)(H,21,23). The Morgan fingerprint density at radius 1 is 1.36 bits per heavy atom. The molecule has 0 radical (unpaired) electrons. The SMILES string of the molecule is C=CCNc1nc(C(=O)OCC(=O)NC(C)c2ccc3c(c2)OCCO3)cs1. The molecule has 0 aliphatic carbocycles. The number of benzene rings is 1. The van der Waals surface area contributed by atoms with Gasteiger partial charge in [0.05, 0.1) is 6.04 Å². The molecule has 2 N–H and O–H groups in total. The third-order valence-corrected chi connectivity index (χ3v) is 4.69. The van der Waals surface area contributed by atoms with Gasteiger partial charge in [-0.05, 0) is 24.6 Å². The summed E-state index contributed by atoms with van der Waals surface area (Å²) in [5.74, 6) is 0.286. The van der Waals surface area contributed by atoms with Crippen molar-refractivity contribution in [1.29, 1.82) is 0 Å². The van der Waals surface area contributed by atoms with Crippen LogP contribution in [0.2, 0.25) is 0 Å². The predicted molar refractivity (Wildman–Crippen MR) is 105 cm³/mol. The Bertz CT molecular complexity index is 867. The summed E-state index contributed by atoms with van der Waals surface area (Å²) in [7, 11) is 0. The van der Waals surface area contributed by atoms with Crippen molar-refractivity contribution >= 4 is 28.3 Å². The number of esters is 1. The van der Waals surface area contributed by atoms with Crippen LogP contribution in [0.1, 0.15) is 29.0 Å². The molecule has 0 saturated heterocycles. The second-order valence-electron chi connectivity index (χ2n) is 5.98. The monoisotopic (exact) mass is 403 g/mol. The average molecular weight is 403 g/mol. The van der Waals surface area contributed by atoms with Crippen LogP contribution in [0.25, 0.3) is 0 Å². The molecule has 2 aromatic rings. The maximum atomic E-state index is 12.1. The third-order valence-electron chi connectivity index (χ3n) is 3.89. The molecule has 148 valence electrons. The first-order valence-electron chi connectivity index (χ1n) is 8.73. The maximum Gasteiger partial charge on any atom is 0.358 e. The largest absolute Gasteiger partial charge is 0.486 e. The fourth-order valence-corrected chi connectivity index (χ4v) is 3.20. The van der Waals surface area contributed by atoms with E-state index in [0.29, 0.717) is 36.4 Å². The smallest absolute Gasteiger partial charge is 0.358 e. The lowest BCUT2D eigenvalue weighted by Crippen LogP contribution is -2.31. The summed E-state index contributed by atoms with van der Waals surface area (Å²) in [5.41, 5.74) is 1.02. The number of nitrogens with zero attached hydrogens (tertiary/aromatic N) is 1. The number of hydrogen-bond donors (Lipinski definition) is 2. The lowest BCUT2D eigenvalue weighted by atomic mass is 10.1. The van der Waals surface area contributed by atoms with Crippen molar-refractivity contribution in [2.24, 2.45) is 0 Å². The molecule has 1 atom stereocenters. The summed E-state index contributed by atoms with van der Waals surface area (Å²) in [4.78, 5) is 28.2. The number of hydrogen-bond acceptors (Lipinski definition) is 8. The zero-order chi connectivity index (χ0) is 19.9. The van der Waals surface area contributed by atoms with Crippen LogP contribution >= 0.6 is 11.3 Å². The van der Waals surface area contributed by atoms with Crippen molar-refractivity contribution in [3.63, 3.8) is 0 Å². The van der Waals surface area contributed by atoms with Crippen LogP contribution in [0.4, 0.5) is 5.13 Å². The quantitative estimate of drug-likeness (QED) is 0.516. The van der Waals surface area contributed by atoms with Crippen LogP contribution in [-0.4, -0.2) is 43.2 Å². The average Bonchev–Trinajstić information content (AvgIpc) is 3.19. The van der Waals surface area contributed by atoms with Gasteiger partial charge < -0.3 is 24.8 Å². The molecule has 1 aliphatic heterocycles. The van der Waals surface area contributed by atoms with E-state index >= 15 is 0 Å². The van der Waals surface area contributed by atoms with E-state index < -0.39 is 11.9 Å². The van der Waals surface area contributed by atoms with Gasteiger partial charge in [-0.3, -0.25) is 4.79 Å². The Morgan fingerprint density at radius 3 is 2.93 bits per heavy atom. The number of rotatable bonds is 8. The lowest BCUT2D eigenvalue weighted by molar-refractivity contribution is -0.124. The lowest BCUT2D eigenvalue weighted by Gasteiger charge is -2.21.